The van der Waals surface area contributed by atoms with Gasteiger partial charge in [-0.3, -0.25) is 0 Å². The van der Waals surface area contributed by atoms with Gasteiger partial charge in [-0.1, -0.05) is 97.0 Å². The van der Waals surface area contributed by atoms with Crippen molar-refractivity contribution in [1.29, 1.82) is 0 Å². The van der Waals surface area contributed by atoms with E-state index in [1.165, 1.54) is 17.2 Å². The van der Waals surface area contributed by atoms with E-state index in [4.69, 9.17) is 0 Å². The van der Waals surface area contributed by atoms with Gasteiger partial charge in [0.25, 0.3) is 0 Å². The van der Waals surface area contributed by atoms with Gasteiger partial charge in [-0.05, 0) is 25.5 Å². The van der Waals surface area contributed by atoms with Gasteiger partial charge in [0, 0.05) is 5.92 Å². The van der Waals surface area contributed by atoms with Crippen molar-refractivity contribution in [3.63, 3.8) is 0 Å². The highest BCUT2D eigenvalue weighted by Crippen LogP contribution is 2.29. The largest absolute Gasteiger partial charge is 0.0845 e. The van der Waals surface area contributed by atoms with E-state index in [-0.39, 0.29) is 0 Å². The summed E-state index contributed by atoms with van der Waals surface area (Å²) in [6.07, 6.45) is 0. The Morgan fingerprint density at radius 1 is 0.864 bits per heavy atom. The van der Waals surface area contributed by atoms with Crippen LogP contribution in [0.1, 0.15) is 32.3 Å². The first-order valence-corrected chi connectivity index (χ1v) is 11.4. The van der Waals surface area contributed by atoms with Crippen LogP contribution in [0.5, 0.6) is 0 Å². The zero-order valence-electron chi connectivity index (χ0n) is 14.6. The Labute approximate surface area is 136 Å². The first kappa shape index (κ1) is 16.8. The zero-order valence-corrected chi connectivity index (χ0v) is 15.6. The molecular weight excluding hydrogens is 280 g/mol. The molecule has 0 amide bonds. The van der Waals surface area contributed by atoms with Gasteiger partial charge in [-0.15, -0.1) is 0 Å². The van der Waals surface area contributed by atoms with Crippen LogP contribution in [0.25, 0.3) is 0 Å². The quantitative estimate of drug-likeness (QED) is 0.488. The van der Waals surface area contributed by atoms with E-state index in [1.54, 1.807) is 10.8 Å². The highest BCUT2D eigenvalue weighted by molar-refractivity contribution is 6.90. The maximum absolute atomic E-state index is 2.48. The molecule has 1 unspecified atom stereocenters. The highest BCUT2D eigenvalue weighted by Gasteiger charge is 2.24. The van der Waals surface area contributed by atoms with Crippen LogP contribution >= 0.6 is 0 Å². The molecule has 116 valence electrons. The van der Waals surface area contributed by atoms with Crippen LogP contribution in [0, 0.1) is 0 Å². The Bertz CT molecular complexity index is 623. The third-order valence-corrected chi connectivity index (χ3v) is 8.20. The lowest BCUT2D eigenvalue weighted by Gasteiger charge is -2.26. The molecule has 0 N–H and O–H groups in total. The number of hydrogen-bond donors (Lipinski definition) is 0. The molecule has 2 aromatic carbocycles. The van der Waals surface area contributed by atoms with Gasteiger partial charge in [-0.2, -0.15) is 0 Å². The Hall–Kier alpha value is -1.60. The molecule has 1 atom stereocenters. The monoisotopic (exact) mass is 308 g/mol. The van der Waals surface area contributed by atoms with Crippen molar-refractivity contribution in [3.05, 3.63) is 77.4 Å². The Morgan fingerprint density at radius 2 is 1.36 bits per heavy atom. The van der Waals surface area contributed by atoms with Crippen molar-refractivity contribution in [2.24, 2.45) is 0 Å². The first-order chi connectivity index (χ1) is 10.4. The fraction of sp³-hybridized carbons (Fsp3) is 0.333. The average molecular weight is 309 g/mol. The van der Waals surface area contributed by atoms with Crippen molar-refractivity contribution in [2.45, 2.75) is 45.8 Å². The standard InChI is InChI=1S/C21H28Si/c1-17(16-22(4,5)21-14-10-7-11-15-21)18(2)19(3)20-12-8-6-9-13-20/h6-15,19H,16H2,1-5H3/b18-17-. The molecule has 0 aliphatic rings. The molecule has 0 nitrogen and oxygen atoms in total. The minimum Gasteiger partial charge on any atom is -0.0761 e. The van der Waals surface area contributed by atoms with Gasteiger partial charge in [-0.25, -0.2) is 0 Å². The zero-order chi connectivity index (χ0) is 16.2. The molecule has 22 heavy (non-hydrogen) atoms. The van der Waals surface area contributed by atoms with Gasteiger partial charge in [0.1, 0.15) is 0 Å². The molecule has 0 radical (unpaired) electrons. The number of allylic oxidation sites excluding steroid dienone is 2. The normalized spacial score (nSPS) is 14.4. The predicted octanol–water partition coefficient (Wildman–Crippen LogP) is 5.74. The van der Waals surface area contributed by atoms with Gasteiger partial charge in [0.05, 0.1) is 8.07 Å². The van der Waals surface area contributed by atoms with Crippen molar-refractivity contribution >= 4 is 13.3 Å². The van der Waals surface area contributed by atoms with Crippen molar-refractivity contribution in [1.82, 2.24) is 0 Å². The lowest BCUT2D eigenvalue weighted by atomic mass is 9.91. The van der Waals surface area contributed by atoms with E-state index in [1.807, 2.05) is 0 Å². The molecule has 2 rings (SSSR count). The molecule has 0 spiro atoms. The predicted molar refractivity (Wildman–Crippen MR) is 102 cm³/mol. The second kappa shape index (κ2) is 7.10. The summed E-state index contributed by atoms with van der Waals surface area (Å²) in [6, 6.07) is 23.1. The third-order valence-electron chi connectivity index (χ3n) is 4.88. The summed E-state index contributed by atoms with van der Waals surface area (Å²) in [7, 11) is -1.41. The molecule has 0 bridgehead atoms. The highest BCUT2D eigenvalue weighted by atomic mass is 28.3. The third kappa shape index (κ3) is 3.98. The van der Waals surface area contributed by atoms with Gasteiger partial charge < -0.3 is 0 Å². The smallest absolute Gasteiger partial charge is 0.0761 e. The number of hydrogen-bond acceptors (Lipinski definition) is 0. The summed E-state index contributed by atoms with van der Waals surface area (Å²) in [6.45, 7) is 11.9. The molecule has 0 saturated carbocycles. The maximum Gasteiger partial charge on any atom is 0.0845 e. The second-order valence-corrected chi connectivity index (χ2v) is 11.7. The van der Waals surface area contributed by atoms with Crippen molar-refractivity contribution in [3.8, 4) is 0 Å². The van der Waals surface area contributed by atoms with E-state index < -0.39 is 8.07 Å². The molecule has 0 aromatic heterocycles. The molecule has 0 heterocycles. The minimum absolute atomic E-state index is 0.502. The van der Waals surface area contributed by atoms with E-state index in [0.29, 0.717) is 5.92 Å². The second-order valence-electron chi connectivity index (χ2n) is 7.02. The summed E-state index contributed by atoms with van der Waals surface area (Å²) in [5.41, 5.74) is 4.51. The summed E-state index contributed by atoms with van der Waals surface area (Å²) >= 11 is 0. The summed E-state index contributed by atoms with van der Waals surface area (Å²) in [5.74, 6) is 0.502. The maximum atomic E-state index is 2.48. The van der Waals surface area contributed by atoms with Crippen molar-refractivity contribution < 1.29 is 0 Å². The lowest BCUT2D eigenvalue weighted by molar-refractivity contribution is 0.873. The average Bonchev–Trinajstić information content (AvgIpc) is 2.54. The van der Waals surface area contributed by atoms with Gasteiger partial charge >= 0.3 is 0 Å². The summed E-state index contributed by atoms with van der Waals surface area (Å²) < 4.78 is 0. The lowest BCUT2D eigenvalue weighted by Crippen LogP contribution is -2.41. The van der Waals surface area contributed by atoms with Gasteiger partial charge in [0.2, 0.25) is 0 Å². The molecular formula is C21H28Si. The van der Waals surface area contributed by atoms with Crippen LogP contribution in [0.15, 0.2) is 71.8 Å². The van der Waals surface area contributed by atoms with E-state index >= 15 is 0 Å². The minimum atomic E-state index is -1.41. The number of benzene rings is 2. The van der Waals surface area contributed by atoms with E-state index in [0.717, 1.165) is 0 Å². The molecule has 0 fully saturated rings. The topological polar surface area (TPSA) is 0 Å². The molecule has 0 saturated heterocycles. The van der Waals surface area contributed by atoms with Crippen LogP contribution in [-0.2, 0) is 0 Å². The van der Waals surface area contributed by atoms with E-state index in [2.05, 4.69) is 94.5 Å². The van der Waals surface area contributed by atoms with Gasteiger partial charge in [0.15, 0.2) is 0 Å². The Morgan fingerprint density at radius 3 is 1.91 bits per heavy atom. The Balaban J connectivity index is 2.21. The van der Waals surface area contributed by atoms with Crippen LogP contribution in [0.4, 0.5) is 0 Å². The SMILES string of the molecule is C/C(C[Si](C)(C)c1ccccc1)=C(\C)C(C)c1ccccc1. The molecule has 1 heteroatoms. The van der Waals surface area contributed by atoms with Crippen LogP contribution in [0.3, 0.4) is 0 Å². The molecule has 2 aromatic rings. The van der Waals surface area contributed by atoms with Crippen LogP contribution < -0.4 is 5.19 Å². The fourth-order valence-corrected chi connectivity index (χ4v) is 6.06. The molecule has 0 aliphatic heterocycles. The molecule has 0 aliphatic carbocycles. The van der Waals surface area contributed by atoms with Crippen LogP contribution in [0.2, 0.25) is 19.1 Å². The fourth-order valence-electron chi connectivity index (χ4n) is 3.16. The summed E-state index contributed by atoms with van der Waals surface area (Å²) in [5, 5.41) is 1.55. The van der Waals surface area contributed by atoms with Crippen LogP contribution in [-0.4, -0.2) is 8.07 Å². The Kier molecular flexibility index (Phi) is 5.41. The van der Waals surface area contributed by atoms with E-state index in [9.17, 15) is 0 Å². The number of rotatable bonds is 5. The van der Waals surface area contributed by atoms with Crippen molar-refractivity contribution in [2.75, 3.05) is 0 Å². The summed E-state index contributed by atoms with van der Waals surface area (Å²) in [4.78, 5) is 0. The first-order valence-electron chi connectivity index (χ1n) is 8.18.